The molecule has 0 unspecified atom stereocenters. The van der Waals surface area contributed by atoms with Crippen LogP contribution in [-0.4, -0.2) is 26.3 Å². The summed E-state index contributed by atoms with van der Waals surface area (Å²) >= 11 is 0. The van der Waals surface area contributed by atoms with Crippen molar-refractivity contribution in [1.82, 2.24) is 5.32 Å². The molecule has 20 heavy (non-hydrogen) atoms. The Kier molecular flexibility index (Phi) is 4.16. The molecule has 2 aliphatic heterocycles. The van der Waals surface area contributed by atoms with Crippen molar-refractivity contribution in [3.05, 3.63) is 23.3 Å². The molecule has 1 aromatic rings. The maximum Gasteiger partial charge on any atom is 0.161 e. The Labute approximate surface area is 121 Å². The fourth-order valence-corrected chi connectivity index (χ4v) is 3.26. The number of nitrogens with one attached hydrogen (secondary N) is 1. The van der Waals surface area contributed by atoms with Crippen molar-refractivity contribution in [3.63, 3.8) is 0 Å². The molecular weight excluding hydrogens is 250 g/mol. The molecule has 110 valence electrons. The summed E-state index contributed by atoms with van der Waals surface area (Å²) in [6.45, 7) is 8.17. The third-order valence-electron chi connectivity index (χ3n) is 4.39. The van der Waals surface area contributed by atoms with Crippen LogP contribution in [0, 0.1) is 5.92 Å². The molecule has 2 aliphatic rings. The Balaban J connectivity index is 1.86. The van der Waals surface area contributed by atoms with Crippen LogP contribution in [0.2, 0.25) is 0 Å². The minimum Gasteiger partial charge on any atom is -0.486 e. The van der Waals surface area contributed by atoms with Crippen LogP contribution < -0.4 is 14.8 Å². The van der Waals surface area contributed by atoms with Gasteiger partial charge in [0.2, 0.25) is 0 Å². The topological polar surface area (TPSA) is 30.5 Å². The second-order valence-corrected chi connectivity index (χ2v) is 6.25. The van der Waals surface area contributed by atoms with Crippen molar-refractivity contribution in [1.29, 1.82) is 0 Å². The van der Waals surface area contributed by atoms with Crippen LogP contribution >= 0.6 is 0 Å². The molecule has 0 saturated carbocycles. The van der Waals surface area contributed by atoms with Crippen molar-refractivity contribution in [2.75, 3.05) is 26.3 Å². The van der Waals surface area contributed by atoms with Crippen LogP contribution in [0.1, 0.15) is 43.7 Å². The Morgan fingerprint density at radius 2 is 1.75 bits per heavy atom. The normalized spacial score (nSPS) is 19.4. The molecule has 1 aromatic carbocycles. The molecule has 2 heterocycles. The van der Waals surface area contributed by atoms with Crippen molar-refractivity contribution in [2.45, 2.75) is 39.0 Å². The van der Waals surface area contributed by atoms with E-state index < -0.39 is 0 Å². The van der Waals surface area contributed by atoms with E-state index in [-0.39, 0.29) is 0 Å². The van der Waals surface area contributed by atoms with Gasteiger partial charge >= 0.3 is 0 Å². The Bertz CT molecular complexity index is 464. The predicted octanol–water partition coefficient (Wildman–Crippen LogP) is 3.12. The summed E-state index contributed by atoms with van der Waals surface area (Å²) < 4.78 is 11.5. The highest BCUT2D eigenvalue weighted by Crippen LogP contribution is 2.37. The summed E-state index contributed by atoms with van der Waals surface area (Å²) in [5, 5.41) is 3.44. The summed E-state index contributed by atoms with van der Waals surface area (Å²) in [7, 11) is 0. The molecule has 1 N–H and O–H groups in total. The lowest BCUT2D eigenvalue weighted by molar-refractivity contribution is 0.171. The number of piperidine rings is 1. The fraction of sp³-hybridized carbons (Fsp3) is 0.647. The zero-order chi connectivity index (χ0) is 13.9. The van der Waals surface area contributed by atoms with Gasteiger partial charge in [0, 0.05) is 0 Å². The SMILES string of the molecule is CC(C)c1cc2c(cc1CC1CCNCC1)OCCO2. The third kappa shape index (κ3) is 2.93. The van der Waals surface area contributed by atoms with Gasteiger partial charge in [0.05, 0.1) is 0 Å². The van der Waals surface area contributed by atoms with E-state index in [0.29, 0.717) is 19.1 Å². The van der Waals surface area contributed by atoms with E-state index in [4.69, 9.17) is 9.47 Å². The van der Waals surface area contributed by atoms with Gasteiger partial charge in [-0.25, -0.2) is 0 Å². The predicted molar refractivity (Wildman–Crippen MR) is 80.8 cm³/mol. The number of hydrogen-bond acceptors (Lipinski definition) is 3. The molecule has 0 bridgehead atoms. The van der Waals surface area contributed by atoms with Gasteiger partial charge < -0.3 is 14.8 Å². The summed E-state index contributed by atoms with van der Waals surface area (Å²) in [5.74, 6) is 3.19. The van der Waals surface area contributed by atoms with E-state index in [0.717, 1.165) is 30.5 Å². The summed E-state index contributed by atoms with van der Waals surface area (Å²) in [6, 6.07) is 4.43. The number of ether oxygens (including phenoxy) is 2. The zero-order valence-corrected chi connectivity index (χ0v) is 12.6. The van der Waals surface area contributed by atoms with E-state index in [9.17, 15) is 0 Å². The third-order valence-corrected chi connectivity index (χ3v) is 4.39. The first kappa shape index (κ1) is 13.7. The second-order valence-electron chi connectivity index (χ2n) is 6.25. The highest BCUT2D eigenvalue weighted by atomic mass is 16.6. The molecule has 1 saturated heterocycles. The summed E-state index contributed by atoms with van der Waals surface area (Å²) in [5.41, 5.74) is 2.88. The number of benzene rings is 1. The van der Waals surface area contributed by atoms with Crippen LogP contribution in [0.15, 0.2) is 12.1 Å². The van der Waals surface area contributed by atoms with Crippen LogP contribution in [0.25, 0.3) is 0 Å². The van der Waals surface area contributed by atoms with Crippen LogP contribution in [0.5, 0.6) is 11.5 Å². The van der Waals surface area contributed by atoms with Gasteiger partial charge in [-0.2, -0.15) is 0 Å². The van der Waals surface area contributed by atoms with Crippen molar-refractivity contribution < 1.29 is 9.47 Å². The van der Waals surface area contributed by atoms with E-state index >= 15 is 0 Å². The number of fused-ring (bicyclic) bond motifs is 1. The Hall–Kier alpha value is -1.22. The van der Waals surface area contributed by atoms with Gasteiger partial charge in [0.15, 0.2) is 11.5 Å². The van der Waals surface area contributed by atoms with Gasteiger partial charge in [-0.1, -0.05) is 13.8 Å². The molecular formula is C17H25NO2. The highest BCUT2D eigenvalue weighted by Gasteiger charge is 2.20. The molecule has 3 rings (SSSR count). The first-order valence-electron chi connectivity index (χ1n) is 7.87. The highest BCUT2D eigenvalue weighted by molar-refractivity contribution is 5.49. The van der Waals surface area contributed by atoms with E-state index in [2.05, 4.69) is 31.3 Å². The van der Waals surface area contributed by atoms with Gasteiger partial charge in [0.25, 0.3) is 0 Å². The van der Waals surface area contributed by atoms with Crippen LogP contribution in [-0.2, 0) is 6.42 Å². The minimum atomic E-state index is 0.530. The van der Waals surface area contributed by atoms with Crippen molar-refractivity contribution in [2.24, 2.45) is 5.92 Å². The van der Waals surface area contributed by atoms with Gasteiger partial charge in [-0.05, 0) is 67.4 Å². The smallest absolute Gasteiger partial charge is 0.161 e. The zero-order valence-electron chi connectivity index (χ0n) is 12.6. The number of hydrogen-bond donors (Lipinski definition) is 1. The standard InChI is InChI=1S/C17H25NO2/c1-12(2)15-11-17-16(19-7-8-20-17)10-14(15)9-13-3-5-18-6-4-13/h10-13,18H,3-9H2,1-2H3. The van der Waals surface area contributed by atoms with E-state index in [1.807, 2.05) is 0 Å². The quantitative estimate of drug-likeness (QED) is 0.919. The monoisotopic (exact) mass is 275 g/mol. The molecule has 0 spiro atoms. The molecule has 0 atom stereocenters. The van der Waals surface area contributed by atoms with Crippen molar-refractivity contribution in [3.8, 4) is 11.5 Å². The van der Waals surface area contributed by atoms with Gasteiger partial charge in [0.1, 0.15) is 13.2 Å². The lowest BCUT2D eigenvalue weighted by atomic mass is 9.86. The van der Waals surface area contributed by atoms with Crippen LogP contribution in [0.4, 0.5) is 0 Å². The molecule has 0 aliphatic carbocycles. The largest absolute Gasteiger partial charge is 0.486 e. The maximum absolute atomic E-state index is 5.75. The fourth-order valence-electron chi connectivity index (χ4n) is 3.26. The number of rotatable bonds is 3. The van der Waals surface area contributed by atoms with Gasteiger partial charge in [-0.15, -0.1) is 0 Å². The van der Waals surface area contributed by atoms with Crippen LogP contribution in [0.3, 0.4) is 0 Å². The van der Waals surface area contributed by atoms with E-state index in [1.165, 1.54) is 30.4 Å². The van der Waals surface area contributed by atoms with Crippen molar-refractivity contribution >= 4 is 0 Å². The maximum atomic E-state index is 5.75. The lowest BCUT2D eigenvalue weighted by Gasteiger charge is -2.26. The van der Waals surface area contributed by atoms with Gasteiger partial charge in [-0.3, -0.25) is 0 Å². The first-order chi connectivity index (χ1) is 9.74. The van der Waals surface area contributed by atoms with E-state index in [1.54, 1.807) is 0 Å². The molecule has 3 nitrogen and oxygen atoms in total. The first-order valence-corrected chi connectivity index (χ1v) is 7.87. The molecule has 0 radical (unpaired) electrons. The average Bonchev–Trinajstić information content (AvgIpc) is 2.47. The molecule has 0 amide bonds. The average molecular weight is 275 g/mol. The molecule has 1 fully saturated rings. The summed E-state index contributed by atoms with van der Waals surface area (Å²) in [4.78, 5) is 0. The minimum absolute atomic E-state index is 0.530. The molecule has 3 heteroatoms. The Morgan fingerprint density at radius 1 is 1.10 bits per heavy atom. The summed E-state index contributed by atoms with van der Waals surface area (Å²) in [6.07, 6.45) is 3.74. The second kappa shape index (κ2) is 6.04. The molecule has 0 aromatic heterocycles. The Morgan fingerprint density at radius 3 is 2.40 bits per heavy atom. The lowest BCUT2D eigenvalue weighted by Crippen LogP contribution is -2.29.